The number of halogens is 4. The van der Waals surface area contributed by atoms with Crippen LogP contribution in [-0.4, -0.2) is 33.0 Å². The summed E-state index contributed by atoms with van der Waals surface area (Å²) in [7, 11) is 0. The molecular formula is C22H15BrF3N3O5S. The van der Waals surface area contributed by atoms with Crippen LogP contribution in [0.2, 0.25) is 0 Å². The van der Waals surface area contributed by atoms with Crippen LogP contribution in [0.5, 0.6) is 5.75 Å². The summed E-state index contributed by atoms with van der Waals surface area (Å²) in [5.41, 5.74) is -1.01. The largest absolute Gasteiger partial charge is 0.508 e. The number of hydrogen-bond acceptors (Lipinski definition) is 6. The van der Waals surface area contributed by atoms with Gasteiger partial charge in [-0.1, -0.05) is 12.1 Å². The lowest BCUT2D eigenvalue weighted by Gasteiger charge is -2.10. The van der Waals surface area contributed by atoms with E-state index in [9.17, 15) is 37.8 Å². The van der Waals surface area contributed by atoms with E-state index in [0.717, 1.165) is 11.5 Å². The number of rotatable bonds is 7. The molecule has 182 valence electrons. The van der Waals surface area contributed by atoms with Crippen LogP contribution in [0.3, 0.4) is 0 Å². The first-order valence-corrected chi connectivity index (χ1v) is 11.3. The predicted molar refractivity (Wildman–Crippen MR) is 124 cm³/mol. The molecule has 35 heavy (non-hydrogen) atoms. The van der Waals surface area contributed by atoms with E-state index in [1.54, 1.807) is 12.1 Å². The number of amides is 2. The molecule has 0 radical (unpaired) electrons. The standard InChI is InChI=1S/C22H15BrF3N3O5S/c23-15-7-12(19(31)27-9-11-2-1-3-13(30)6-11)4-5-14(15)20(32)28-16(21(33)34)8-18-29-17(10-35-18)22(24,25)26/h1-8,10,30H,9H2,(H,27,31)(H,28,32)(H,33,34)/b16-8-. The van der Waals surface area contributed by atoms with E-state index in [-0.39, 0.29) is 32.9 Å². The van der Waals surface area contributed by atoms with Crippen molar-refractivity contribution < 1.29 is 37.8 Å². The Balaban J connectivity index is 1.72. The normalized spacial score (nSPS) is 11.7. The van der Waals surface area contributed by atoms with Gasteiger partial charge in [-0.25, -0.2) is 9.78 Å². The second kappa shape index (κ2) is 10.7. The molecular weight excluding hydrogens is 555 g/mol. The molecule has 0 atom stereocenters. The molecule has 2 amide bonds. The van der Waals surface area contributed by atoms with E-state index in [1.807, 2.05) is 0 Å². The Morgan fingerprint density at radius 1 is 1.11 bits per heavy atom. The molecule has 0 unspecified atom stereocenters. The number of aromatic nitrogens is 1. The molecule has 0 aliphatic heterocycles. The molecule has 3 aromatic rings. The summed E-state index contributed by atoms with van der Waals surface area (Å²) < 4.78 is 38.3. The van der Waals surface area contributed by atoms with E-state index in [4.69, 9.17) is 0 Å². The molecule has 4 N–H and O–H groups in total. The van der Waals surface area contributed by atoms with Crippen LogP contribution in [-0.2, 0) is 17.5 Å². The van der Waals surface area contributed by atoms with Crippen LogP contribution in [0.4, 0.5) is 13.2 Å². The monoisotopic (exact) mass is 569 g/mol. The van der Waals surface area contributed by atoms with Crippen molar-refractivity contribution in [3.63, 3.8) is 0 Å². The van der Waals surface area contributed by atoms with Crippen molar-refractivity contribution in [1.29, 1.82) is 0 Å². The molecule has 0 aliphatic rings. The van der Waals surface area contributed by atoms with Crippen LogP contribution in [0.15, 0.2) is 58.0 Å². The number of carbonyl (C=O) groups excluding carboxylic acids is 2. The van der Waals surface area contributed by atoms with Gasteiger partial charge < -0.3 is 20.8 Å². The van der Waals surface area contributed by atoms with Crippen LogP contribution in [0.25, 0.3) is 6.08 Å². The van der Waals surface area contributed by atoms with Gasteiger partial charge in [-0.2, -0.15) is 13.2 Å². The summed E-state index contributed by atoms with van der Waals surface area (Å²) in [4.78, 5) is 39.8. The zero-order valence-corrected chi connectivity index (χ0v) is 19.8. The minimum Gasteiger partial charge on any atom is -0.508 e. The number of aromatic hydroxyl groups is 1. The minimum atomic E-state index is -4.68. The number of hydrogen-bond donors (Lipinski definition) is 4. The molecule has 1 aromatic heterocycles. The summed E-state index contributed by atoms with van der Waals surface area (Å²) in [6, 6.07) is 10.3. The Morgan fingerprint density at radius 2 is 1.86 bits per heavy atom. The fraction of sp³-hybridized carbons (Fsp3) is 0.0909. The summed E-state index contributed by atoms with van der Waals surface area (Å²) in [6.07, 6.45) is -3.87. The highest BCUT2D eigenvalue weighted by molar-refractivity contribution is 9.10. The first-order valence-electron chi connectivity index (χ1n) is 9.59. The zero-order chi connectivity index (χ0) is 25.8. The van der Waals surface area contributed by atoms with Gasteiger partial charge in [0.25, 0.3) is 11.8 Å². The number of nitrogens with one attached hydrogen (secondary N) is 2. The van der Waals surface area contributed by atoms with Gasteiger partial charge in [-0.15, -0.1) is 11.3 Å². The lowest BCUT2D eigenvalue weighted by Crippen LogP contribution is -2.28. The molecule has 0 saturated heterocycles. The van der Waals surface area contributed by atoms with Gasteiger partial charge in [0.2, 0.25) is 0 Å². The Kier molecular flexibility index (Phi) is 7.92. The third kappa shape index (κ3) is 6.90. The smallest absolute Gasteiger partial charge is 0.434 e. The van der Waals surface area contributed by atoms with Gasteiger partial charge in [0, 0.05) is 28.0 Å². The van der Waals surface area contributed by atoms with Crippen LogP contribution in [0, 0.1) is 0 Å². The molecule has 0 aliphatic carbocycles. The Morgan fingerprint density at radius 3 is 2.46 bits per heavy atom. The second-order valence-corrected chi connectivity index (χ2v) is 8.68. The van der Waals surface area contributed by atoms with Crippen molar-refractivity contribution in [2.24, 2.45) is 0 Å². The van der Waals surface area contributed by atoms with Crippen molar-refractivity contribution >= 4 is 51.1 Å². The SMILES string of the molecule is O=C(O)/C(=C/c1nc(C(F)(F)F)cs1)NC(=O)c1ccc(C(=O)NCc2cccc(O)c2)cc1Br. The summed E-state index contributed by atoms with van der Waals surface area (Å²) in [5, 5.41) is 24.1. The molecule has 8 nitrogen and oxygen atoms in total. The first kappa shape index (κ1) is 25.9. The van der Waals surface area contributed by atoms with Crippen molar-refractivity contribution in [2.75, 3.05) is 0 Å². The maximum absolute atomic E-state index is 12.7. The third-order valence-electron chi connectivity index (χ3n) is 4.40. The second-order valence-electron chi connectivity index (χ2n) is 6.93. The topological polar surface area (TPSA) is 129 Å². The molecule has 0 saturated carbocycles. The van der Waals surface area contributed by atoms with E-state index in [1.165, 1.54) is 30.3 Å². The molecule has 3 rings (SSSR count). The van der Waals surface area contributed by atoms with Gasteiger partial charge in [-0.3, -0.25) is 9.59 Å². The summed E-state index contributed by atoms with van der Waals surface area (Å²) in [5.74, 6) is -2.86. The fourth-order valence-corrected chi connectivity index (χ4v) is 4.05. The molecule has 1 heterocycles. The highest BCUT2D eigenvalue weighted by atomic mass is 79.9. The lowest BCUT2D eigenvalue weighted by molar-refractivity contribution is -0.140. The van der Waals surface area contributed by atoms with Crippen molar-refractivity contribution in [2.45, 2.75) is 12.7 Å². The van der Waals surface area contributed by atoms with Gasteiger partial charge in [0.15, 0.2) is 5.69 Å². The Hall–Kier alpha value is -3.71. The van der Waals surface area contributed by atoms with Crippen LogP contribution in [0.1, 0.15) is 37.0 Å². The van der Waals surface area contributed by atoms with E-state index < -0.39 is 35.4 Å². The van der Waals surface area contributed by atoms with Crippen LogP contribution < -0.4 is 10.6 Å². The van der Waals surface area contributed by atoms with Crippen molar-refractivity contribution in [3.8, 4) is 5.75 Å². The maximum atomic E-state index is 12.7. The number of aliphatic carboxylic acids is 1. The van der Waals surface area contributed by atoms with Crippen molar-refractivity contribution in [3.05, 3.63) is 85.4 Å². The number of carbonyl (C=O) groups is 3. The zero-order valence-electron chi connectivity index (χ0n) is 17.4. The van der Waals surface area contributed by atoms with E-state index in [0.29, 0.717) is 16.9 Å². The molecule has 2 aromatic carbocycles. The van der Waals surface area contributed by atoms with Crippen LogP contribution >= 0.6 is 27.3 Å². The number of benzene rings is 2. The highest BCUT2D eigenvalue weighted by Gasteiger charge is 2.33. The molecule has 0 spiro atoms. The molecule has 13 heteroatoms. The summed E-state index contributed by atoms with van der Waals surface area (Å²) in [6.45, 7) is 0.146. The average Bonchev–Trinajstić information content (AvgIpc) is 3.26. The maximum Gasteiger partial charge on any atom is 0.434 e. The average molecular weight is 570 g/mol. The lowest BCUT2D eigenvalue weighted by atomic mass is 10.1. The summed E-state index contributed by atoms with van der Waals surface area (Å²) >= 11 is 3.73. The first-order chi connectivity index (χ1) is 16.4. The number of carboxylic acid groups (broad SMARTS) is 1. The minimum absolute atomic E-state index is 0.0169. The Labute approximate surface area is 208 Å². The number of phenols is 1. The molecule has 0 bridgehead atoms. The molecule has 0 fully saturated rings. The Bertz CT molecular complexity index is 1320. The quantitative estimate of drug-likeness (QED) is 0.312. The van der Waals surface area contributed by atoms with E-state index in [2.05, 4.69) is 31.5 Å². The van der Waals surface area contributed by atoms with E-state index >= 15 is 0 Å². The highest BCUT2D eigenvalue weighted by Crippen LogP contribution is 2.30. The number of carboxylic acids is 1. The number of nitrogens with zero attached hydrogens (tertiary/aromatic N) is 1. The predicted octanol–water partition coefficient (Wildman–Crippen LogP) is 4.42. The van der Waals surface area contributed by atoms with Gasteiger partial charge >= 0.3 is 12.1 Å². The fourth-order valence-electron chi connectivity index (χ4n) is 2.74. The van der Waals surface area contributed by atoms with Gasteiger partial charge in [-0.05, 0) is 51.8 Å². The number of phenolic OH excluding ortho intramolecular Hbond substituents is 1. The third-order valence-corrected chi connectivity index (χ3v) is 5.85. The van der Waals surface area contributed by atoms with Gasteiger partial charge in [0.05, 0.1) is 5.56 Å². The number of thiazole rings is 1. The van der Waals surface area contributed by atoms with Crippen molar-refractivity contribution in [1.82, 2.24) is 15.6 Å². The number of alkyl halides is 3. The van der Waals surface area contributed by atoms with Gasteiger partial charge in [0.1, 0.15) is 16.5 Å².